The zero-order chi connectivity index (χ0) is 9.74. The van der Waals surface area contributed by atoms with Crippen LogP contribution in [0.4, 0.5) is 13.2 Å². The summed E-state index contributed by atoms with van der Waals surface area (Å²) in [6.45, 7) is 0.154. The molecule has 1 nitrogen and oxygen atoms in total. The summed E-state index contributed by atoms with van der Waals surface area (Å²) in [5.74, 6) is 0. The van der Waals surface area contributed by atoms with Gasteiger partial charge in [-0.2, -0.15) is 13.2 Å². The Kier molecular flexibility index (Phi) is 1.72. The van der Waals surface area contributed by atoms with Crippen molar-refractivity contribution < 1.29 is 18.3 Å². The fraction of sp³-hybridized carbons (Fsp3) is 1.00. The molecule has 3 fully saturated rings. The number of halogens is 3. The van der Waals surface area contributed by atoms with E-state index in [1.54, 1.807) is 0 Å². The van der Waals surface area contributed by atoms with Gasteiger partial charge in [-0.25, -0.2) is 0 Å². The second-order valence-electron chi connectivity index (χ2n) is 4.80. The molecule has 0 spiro atoms. The maximum atomic E-state index is 11.9. The molecule has 13 heavy (non-hydrogen) atoms. The molecule has 2 bridgehead atoms. The van der Waals surface area contributed by atoms with E-state index < -0.39 is 12.6 Å². The Balaban J connectivity index is 1.76. The van der Waals surface area contributed by atoms with Gasteiger partial charge < -0.3 is 5.11 Å². The Morgan fingerprint density at radius 3 is 2.00 bits per heavy atom. The number of hydrogen-bond donors (Lipinski definition) is 1. The van der Waals surface area contributed by atoms with Crippen LogP contribution in [0.15, 0.2) is 0 Å². The van der Waals surface area contributed by atoms with Crippen LogP contribution in [-0.4, -0.2) is 17.9 Å². The van der Waals surface area contributed by atoms with Gasteiger partial charge in [0, 0.05) is 13.0 Å². The summed E-state index contributed by atoms with van der Waals surface area (Å²) in [6, 6.07) is 0. The van der Waals surface area contributed by atoms with Gasteiger partial charge in [-0.05, 0) is 36.5 Å². The first-order chi connectivity index (χ1) is 5.89. The second-order valence-corrected chi connectivity index (χ2v) is 4.80. The Bertz CT molecular complexity index is 202. The van der Waals surface area contributed by atoms with Gasteiger partial charge in [0.2, 0.25) is 0 Å². The summed E-state index contributed by atoms with van der Waals surface area (Å²) >= 11 is 0. The minimum atomic E-state index is -4.01. The summed E-state index contributed by atoms with van der Waals surface area (Å²) in [7, 11) is 0. The molecule has 0 amide bonds. The van der Waals surface area contributed by atoms with E-state index in [4.69, 9.17) is 5.11 Å². The molecule has 76 valence electrons. The lowest BCUT2D eigenvalue weighted by Crippen LogP contribution is -2.63. The van der Waals surface area contributed by atoms with Gasteiger partial charge in [-0.15, -0.1) is 0 Å². The van der Waals surface area contributed by atoms with Gasteiger partial charge in [0.25, 0.3) is 0 Å². The Morgan fingerprint density at radius 1 is 1.08 bits per heavy atom. The first kappa shape index (κ1) is 9.31. The van der Waals surface area contributed by atoms with Crippen LogP contribution in [0.3, 0.4) is 0 Å². The fourth-order valence-electron chi connectivity index (χ4n) is 3.07. The zero-order valence-electron chi connectivity index (χ0n) is 7.32. The Hall–Kier alpha value is -0.250. The maximum Gasteiger partial charge on any atom is 0.389 e. The van der Waals surface area contributed by atoms with Crippen molar-refractivity contribution in [2.24, 2.45) is 10.8 Å². The van der Waals surface area contributed by atoms with Crippen molar-refractivity contribution >= 4 is 0 Å². The van der Waals surface area contributed by atoms with Crippen LogP contribution in [0.2, 0.25) is 0 Å². The highest BCUT2D eigenvalue weighted by atomic mass is 19.4. The molecule has 0 radical (unpaired) electrons. The molecule has 0 aliphatic heterocycles. The summed E-state index contributed by atoms with van der Waals surface area (Å²) in [5.41, 5.74) is -0.0101. The largest absolute Gasteiger partial charge is 0.396 e. The molecule has 3 saturated carbocycles. The van der Waals surface area contributed by atoms with Gasteiger partial charge in [-0.3, -0.25) is 0 Å². The normalized spacial score (nSPS) is 42.5. The summed E-state index contributed by atoms with van der Waals surface area (Å²) in [5, 5.41) is 8.90. The number of rotatable bonds is 3. The van der Waals surface area contributed by atoms with Crippen LogP contribution in [0, 0.1) is 10.8 Å². The van der Waals surface area contributed by atoms with Crippen molar-refractivity contribution in [2.75, 3.05) is 6.61 Å². The maximum absolute atomic E-state index is 11.9. The van der Waals surface area contributed by atoms with Crippen molar-refractivity contribution in [3.8, 4) is 0 Å². The van der Waals surface area contributed by atoms with Crippen LogP contribution >= 0.6 is 0 Å². The molecule has 3 aliphatic carbocycles. The van der Waals surface area contributed by atoms with Crippen molar-refractivity contribution in [2.45, 2.75) is 38.3 Å². The number of alkyl halides is 3. The van der Waals surface area contributed by atoms with E-state index in [1.807, 2.05) is 0 Å². The smallest absolute Gasteiger partial charge is 0.389 e. The molecular weight excluding hydrogens is 181 g/mol. The highest BCUT2D eigenvalue weighted by Crippen LogP contribution is 2.75. The molecule has 4 heteroatoms. The molecule has 0 saturated heterocycles. The number of aliphatic hydroxyl groups is 1. The van der Waals surface area contributed by atoms with Crippen LogP contribution in [0.5, 0.6) is 0 Å². The second kappa shape index (κ2) is 2.41. The van der Waals surface area contributed by atoms with E-state index in [-0.39, 0.29) is 23.9 Å². The van der Waals surface area contributed by atoms with Crippen LogP contribution in [0.1, 0.15) is 32.1 Å². The third-order valence-corrected chi connectivity index (χ3v) is 3.52. The minimum absolute atomic E-state index is 0.0333. The minimum Gasteiger partial charge on any atom is -0.396 e. The topological polar surface area (TPSA) is 20.2 Å². The van der Waals surface area contributed by atoms with Crippen molar-refractivity contribution in [3.05, 3.63) is 0 Å². The Labute approximate surface area is 74.9 Å². The molecular formula is C9H13F3O. The SMILES string of the molecule is OCC12CC(CCC(F)(F)F)(C1)C2. The van der Waals surface area contributed by atoms with E-state index in [0.29, 0.717) is 0 Å². The van der Waals surface area contributed by atoms with Crippen molar-refractivity contribution in [1.29, 1.82) is 0 Å². The van der Waals surface area contributed by atoms with Gasteiger partial charge in [0.15, 0.2) is 0 Å². The molecule has 0 unspecified atom stereocenters. The third kappa shape index (κ3) is 1.45. The molecule has 0 atom stereocenters. The van der Waals surface area contributed by atoms with Gasteiger partial charge in [-0.1, -0.05) is 0 Å². The molecule has 3 aliphatic rings. The quantitative estimate of drug-likeness (QED) is 0.731. The molecule has 1 N–H and O–H groups in total. The van der Waals surface area contributed by atoms with E-state index in [1.165, 1.54) is 0 Å². The zero-order valence-corrected chi connectivity index (χ0v) is 7.32. The number of aliphatic hydroxyl groups excluding tert-OH is 1. The van der Waals surface area contributed by atoms with Gasteiger partial charge >= 0.3 is 6.18 Å². The lowest BCUT2D eigenvalue weighted by atomic mass is 9.34. The highest BCUT2D eigenvalue weighted by Gasteiger charge is 2.66. The predicted octanol–water partition coefficient (Wildman–Crippen LogP) is 2.49. The van der Waals surface area contributed by atoms with Gasteiger partial charge in [0.05, 0.1) is 0 Å². The summed E-state index contributed by atoms with van der Waals surface area (Å²) in [4.78, 5) is 0. The van der Waals surface area contributed by atoms with E-state index in [2.05, 4.69) is 0 Å². The number of hydrogen-bond acceptors (Lipinski definition) is 1. The monoisotopic (exact) mass is 194 g/mol. The average Bonchev–Trinajstić information content (AvgIpc) is 1.79. The lowest BCUT2D eigenvalue weighted by Gasteiger charge is -2.70. The fourth-order valence-corrected chi connectivity index (χ4v) is 3.07. The van der Waals surface area contributed by atoms with Crippen molar-refractivity contribution in [3.63, 3.8) is 0 Å². The summed E-state index contributed by atoms with van der Waals surface area (Å²) in [6.07, 6.45) is -1.97. The summed E-state index contributed by atoms with van der Waals surface area (Å²) < 4.78 is 35.7. The van der Waals surface area contributed by atoms with E-state index in [9.17, 15) is 13.2 Å². The van der Waals surface area contributed by atoms with Crippen LogP contribution in [-0.2, 0) is 0 Å². The first-order valence-electron chi connectivity index (χ1n) is 4.57. The first-order valence-corrected chi connectivity index (χ1v) is 4.57. The van der Waals surface area contributed by atoms with E-state index in [0.717, 1.165) is 19.3 Å². The van der Waals surface area contributed by atoms with Crippen LogP contribution in [0.25, 0.3) is 0 Å². The third-order valence-electron chi connectivity index (χ3n) is 3.52. The highest BCUT2D eigenvalue weighted by molar-refractivity contribution is 5.16. The molecule has 0 aromatic heterocycles. The standard InChI is InChI=1S/C9H13F3O/c10-9(11,12)2-1-7-3-8(4-7,5-7)6-13/h13H,1-6H2. The van der Waals surface area contributed by atoms with Crippen molar-refractivity contribution in [1.82, 2.24) is 0 Å². The molecule has 0 aromatic carbocycles. The average molecular weight is 194 g/mol. The molecule has 3 rings (SSSR count). The van der Waals surface area contributed by atoms with Gasteiger partial charge in [0.1, 0.15) is 0 Å². The Morgan fingerprint density at radius 2 is 1.62 bits per heavy atom. The predicted molar refractivity (Wildman–Crippen MR) is 41.1 cm³/mol. The van der Waals surface area contributed by atoms with E-state index >= 15 is 0 Å². The molecule has 0 aromatic rings. The van der Waals surface area contributed by atoms with Crippen LogP contribution < -0.4 is 0 Å². The lowest BCUT2D eigenvalue weighted by molar-refractivity contribution is -0.240. The molecule has 0 heterocycles.